The number of hydrogen-bond donors (Lipinski definition) is 1. The average Bonchev–Trinajstić information content (AvgIpc) is 2.66. The number of aryl methyl sites for hydroxylation is 2. The summed E-state index contributed by atoms with van der Waals surface area (Å²) in [5, 5.41) is 8.01. The minimum Gasteiger partial charge on any atom is -0.326 e. The molecule has 0 spiro atoms. The number of rotatable bonds is 4. The fourth-order valence-electron chi connectivity index (χ4n) is 1.97. The number of anilines is 1. The van der Waals surface area contributed by atoms with E-state index in [9.17, 15) is 4.79 Å². The van der Waals surface area contributed by atoms with Crippen LogP contribution in [-0.4, -0.2) is 20.7 Å². The molecule has 0 saturated heterocycles. The van der Waals surface area contributed by atoms with Gasteiger partial charge >= 0.3 is 0 Å². The van der Waals surface area contributed by atoms with E-state index in [1.165, 1.54) is 0 Å². The monoisotopic (exact) mass is 326 g/mol. The summed E-state index contributed by atoms with van der Waals surface area (Å²) in [6.45, 7) is 5.98. The Morgan fingerprint density at radius 2 is 1.90 bits per heavy atom. The summed E-state index contributed by atoms with van der Waals surface area (Å²) < 4.78 is 1.73. The van der Waals surface area contributed by atoms with Gasteiger partial charge in [0.2, 0.25) is 5.91 Å². The largest absolute Gasteiger partial charge is 0.326 e. The third-order valence-corrected chi connectivity index (χ3v) is 3.42. The highest BCUT2D eigenvalue weighted by molar-refractivity contribution is 6.35. The summed E-state index contributed by atoms with van der Waals surface area (Å²) in [6.07, 6.45) is 0. The van der Waals surface area contributed by atoms with Crippen LogP contribution in [0.15, 0.2) is 18.2 Å². The summed E-state index contributed by atoms with van der Waals surface area (Å²) in [6, 6.07) is 4.93. The Morgan fingerprint density at radius 1 is 1.29 bits per heavy atom. The van der Waals surface area contributed by atoms with Crippen molar-refractivity contribution in [2.75, 3.05) is 5.32 Å². The number of nitrogens with zero attached hydrogens (tertiary/aromatic N) is 3. The van der Waals surface area contributed by atoms with Gasteiger partial charge in [-0.05, 0) is 32.0 Å². The van der Waals surface area contributed by atoms with E-state index >= 15 is 0 Å². The van der Waals surface area contributed by atoms with Crippen LogP contribution in [0.3, 0.4) is 0 Å². The van der Waals surface area contributed by atoms with E-state index in [0.29, 0.717) is 28.1 Å². The van der Waals surface area contributed by atoms with Gasteiger partial charge in [0.05, 0.1) is 12.5 Å². The van der Waals surface area contributed by atoms with Gasteiger partial charge in [-0.25, -0.2) is 9.67 Å². The lowest BCUT2D eigenvalue weighted by Crippen LogP contribution is -2.25. The molecule has 0 saturated carbocycles. The first kappa shape index (κ1) is 15.8. The lowest BCUT2D eigenvalue weighted by molar-refractivity contribution is -0.119. The average molecular weight is 327 g/mol. The molecule has 1 aromatic heterocycles. The van der Waals surface area contributed by atoms with Crippen molar-refractivity contribution in [3.63, 3.8) is 0 Å². The van der Waals surface area contributed by atoms with Crippen LogP contribution in [-0.2, 0) is 11.3 Å². The van der Waals surface area contributed by atoms with Crippen LogP contribution in [0.1, 0.15) is 18.6 Å². The number of carbonyl (C=O) groups is 1. The lowest BCUT2D eigenvalue weighted by atomic mass is 10.1. The molecule has 112 valence electrons. The molecular formula is C14H16Cl2N4O. The van der Waals surface area contributed by atoms with Gasteiger partial charge in [0.25, 0.3) is 0 Å². The van der Waals surface area contributed by atoms with Crippen molar-refractivity contribution < 1.29 is 4.79 Å². The van der Waals surface area contributed by atoms with E-state index in [0.717, 1.165) is 5.82 Å². The number of amides is 1. The maximum absolute atomic E-state index is 12.2. The molecule has 0 aliphatic heterocycles. The highest BCUT2D eigenvalue weighted by atomic mass is 35.5. The van der Waals surface area contributed by atoms with Gasteiger partial charge in [-0.1, -0.05) is 30.1 Å². The smallest absolute Gasteiger partial charge is 0.229 e. The molecule has 1 aromatic carbocycles. The quantitative estimate of drug-likeness (QED) is 0.935. The zero-order valence-corrected chi connectivity index (χ0v) is 13.5. The Labute approximate surface area is 133 Å². The molecule has 2 aromatic rings. The first-order valence-electron chi connectivity index (χ1n) is 6.50. The molecule has 0 fully saturated rings. The molecule has 1 N–H and O–H groups in total. The second-order valence-electron chi connectivity index (χ2n) is 4.94. The fourth-order valence-corrected chi connectivity index (χ4v) is 2.49. The van der Waals surface area contributed by atoms with Gasteiger partial charge in [0, 0.05) is 15.7 Å². The summed E-state index contributed by atoms with van der Waals surface area (Å²) in [4.78, 5) is 16.4. The second-order valence-corrected chi connectivity index (χ2v) is 5.81. The molecule has 1 heterocycles. The number of benzene rings is 1. The van der Waals surface area contributed by atoms with Crippen LogP contribution < -0.4 is 5.32 Å². The minimum atomic E-state index is -0.262. The second kappa shape index (κ2) is 6.45. The highest BCUT2D eigenvalue weighted by Gasteiger charge is 2.16. The summed E-state index contributed by atoms with van der Waals surface area (Å²) in [5.41, 5.74) is 0.579. The van der Waals surface area contributed by atoms with Crippen molar-refractivity contribution in [3.8, 4) is 0 Å². The summed E-state index contributed by atoms with van der Waals surface area (Å²) >= 11 is 11.8. The molecule has 0 aliphatic carbocycles. The molecule has 7 heteroatoms. The van der Waals surface area contributed by atoms with Crippen LogP contribution >= 0.6 is 23.2 Å². The number of nitrogens with one attached hydrogen (secondary N) is 1. The van der Waals surface area contributed by atoms with Gasteiger partial charge < -0.3 is 5.32 Å². The zero-order valence-electron chi connectivity index (χ0n) is 12.0. The van der Waals surface area contributed by atoms with Gasteiger partial charge in [-0.15, -0.1) is 0 Å². The highest BCUT2D eigenvalue weighted by Crippen LogP contribution is 2.23. The van der Waals surface area contributed by atoms with E-state index in [1.54, 1.807) is 22.9 Å². The molecule has 0 aliphatic rings. The van der Waals surface area contributed by atoms with E-state index < -0.39 is 0 Å². The molecule has 2 rings (SSSR count). The Balaban J connectivity index is 2.04. The predicted octanol–water partition coefficient (Wildman–Crippen LogP) is 3.48. The van der Waals surface area contributed by atoms with Gasteiger partial charge in [-0.3, -0.25) is 4.79 Å². The lowest BCUT2D eigenvalue weighted by Gasteiger charge is -2.13. The Morgan fingerprint density at radius 3 is 2.43 bits per heavy atom. The summed E-state index contributed by atoms with van der Waals surface area (Å²) in [7, 11) is 0. The molecule has 0 bridgehead atoms. The number of aromatic nitrogens is 3. The zero-order chi connectivity index (χ0) is 15.6. The van der Waals surface area contributed by atoms with E-state index in [4.69, 9.17) is 23.2 Å². The SMILES string of the molecule is Cc1nc(C)n(C[C@@H](C)C(=O)Nc2cc(Cl)cc(Cl)c2)n1. The molecule has 5 nitrogen and oxygen atoms in total. The Bertz CT molecular complexity index is 649. The van der Waals surface area contributed by atoms with Crippen LogP contribution in [0, 0.1) is 19.8 Å². The van der Waals surface area contributed by atoms with E-state index in [-0.39, 0.29) is 11.8 Å². The van der Waals surface area contributed by atoms with Crippen LogP contribution in [0.5, 0.6) is 0 Å². The first-order chi connectivity index (χ1) is 9.85. The fraction of sp³-hybridized carbons (Fsp3) is 0.357. The molecule has 0 radical (unpaired) electrons. The number of hydrogen-bond acceptors (Lipinski definition) is 3. The van der Waals surface area contributed by atoms with Gasteiger partial charge in [0.15, 0.2) is 0 Å². The van der Waals surface area contributed by atoms with Crippen LogP contribution in [0.25, 0.3) is 0 Å². The summed E-state index contributed by atoms with van der Waals surface area (Å²) in [5.74, 6) is 1.10. The van der Waals surface area contributed by atoms with Crippen LogP contribution in [0.2, 0.25) is 10.0 Å². The first-order valence-corrected chi connectivity index (χ1v) is 7.25. The van der Waals surface area contributed by atoms with Crippen molar-refractivity contribution in [2.45, 2.75) is 27.3 Å². The van der Waals surface area contributed by atoms with Crippen LogP contribution in [0.4, 0.5) is 5.69 Å². The van der Waals surface area contributed by atoms with Crippen molar-refractivity contribution in [1.29, 1.82) is 0 Å². The molecule has 1 amide bonds. The Hall–Kier alpha value is -1.59. The Kier molecular flexibility index (Phi) is 4.85. The third-order valence-electron chi connectivity index (χ3n) is 2.99. The van der Waals surface area contributed by atoms with Crippen molar-refractivity contribution in [2.24, 2.45) is 5.92 Å². The van der Waals surface area contributed by atoms with Crippen molar-refractivity contribution in [1.82, 2.24) is 14.8 Å². The molecule has 21 heavy (non-hydrogen) atoms. The number of halogens is 2. The minimum absolute atomic E-state index is 0.124. The van der Waals surface area contributed by atoms with Gasteiger partial charge in [-0.2, -0.15) is 5.10 Å². The van der Waals surface area contributed by atoms with Crippen molar-refractivity contribution in [3.05, 3.63) is 39.9 Å². The van der Waals surface area contributed by atoms with Gasteiger partial charge in [0.1, 0.15) is 11.6 Å². The topological polar surface area (TPSA) is 59.8 Å². The molecule has 0 unspecified atom stereocenters. The maximum atomic E-state index is 12.2. The van der Waals surface area contributed by atoms with E-state index in [2.05, 4.69) is 15.4 Å². The van der Waals surface area contributed by atoms with E-state index in [1.807, 2.05) is 20.8 Å². The predicted molar refractivity (Wildman–Crippen MR) is 83.8 cm³/mol. The normalized spacial score (nSPS) is 12.2. The maximum Gasteiger partial charge on any atom is 0.229 e. The standard InChI is InChI=1S/C14H16Cl2N4O/c1-8(7-20-10(3)17-9(2)19-20)14(21)18-13-5-11(15)4-12(16)6-13/h4-6,8H,7H2,1-3H3,(H,18,21)/t8-/m1/s1. The van der Waals surface area contributed by atoms with Crippen molar-refractivity contribution >= 4 is 34.8 Å². The molecule has 1 atom stereocenters. The third kappa shape index (κ3) is 4.19. The number of carbonyl (C=O) groups excluding carboxylic acids is 1. The molecular weight excluding hydrogens is 311 g/mol.